The average Bonchev–Trinajstić information content (AvgIpc) is 3.17. The number of nitrogens with one attached hydrogen (secondary N) is 1. The van der Waals surface area contributed by atoms with Gasteiger partial charge in [-0.1, -0.05) is 30.3 Å². The van der Waals surface area contributed by atoms with Gasteiger partial charge in [0.15, 0.2) is 12.7 Å². The van der Waals surface area contributed by atoms with Crippen LogP contribution in [0.1, 0.15) is 12.7 Å². The molecule has 1 aromatic heterocycles. The molecule has 6 heteroatoms. The highest BCUT2D eigenvalue weighted by Gasteiger charge is 2.18. The largest absolute Gasteiger partial charge is 0.482 e. The van der Waals surface area contributed by atoms with Crippen molar-refractivity contribution < 1.29 is 23.5 Å². The molecule has 1 heterocycles. The van der Waals surface area contributed by atoms with Crippen LogP contribution in [0.15, 0.2) is 65.3 Å². The predicted molar refractivity (Wildman–Crippen MR) is 95.6 cm³/mol. The van der Waals surface area contributed by atoms with Gasteiger partial charge in [0.25, 0.3) is 5.91 Å². The van der Waals surface area contributed by atoms with Crippen molar-refractivity contribution in [2.24, 2.45) is 0 Å². The number of amides is 1. The maximum Gasteiger partial charge on any atom is 0.344 e. The molecule has 26 heavy (non-hydrogen) atoms. The van der Waals surface area contributed by atoms with Crippen LogP contribution in [0.5, 0.6) is 5.75 Å². The lowest BCUT2D eigenvalue weighted by molar-refractivity contribution is -0.156. The number of ether oxygens (including phenoxy) is 2. The SMILES string of the molecule is C[C@H](OC(=O)COc1ccc2ccccc2c1)C(=O)NCc1ccco1. The van der Waals surface area contributed by atoms with Crippen molar-refractivity contribution in [1.29, 1.82) is 0 Å². The first-order valence-electron chi connectivity index (χ1n) is 8.23. The number of hydrogen-bond acceptors (Lipinski definition) is 5. The molecule has 0 aliphatic rings. The van der Waals surface area contributed by atoms with Crippen molar-refractivity contribution >= 4 is 22.6 Å². The van der Waals surface area contributed by atoms with E-state index in [0.29, 0.717) is 11.5 Å². The molecule has 0 unspecified atom stereocenters. The number of esters is 1. The maximum absolute atomic E-state index is 11.9. The Bertz CT molecular complexity index is 888. The highest BCUT2D eigenvalue weighted by atomic mass is 16.6. The van der Waals surface area contributed by atoms with Crippen LogP contribution in [0, 0.1) is 0 Å². The number of benzene rings is 2. The van der Waals surface area contributed by atoms with Gasteiger partial charge in [-0.25, -0.2) is 4.79 Å². The number of rotatable bonds is 7. The number of fused-ring (bicyclic) bond motifs is 1. The molecule has 6 nitrogen and oxygen atoms in total. The summed E-state index contributed by atoms with van der Waals surface area (Å²) in [7, 11) is 0. The van der Waals surface area contributed by atoms with Crippen LogP contribution in [0.4, 0.5) is 0 Å². The second kappa shape index (κ2) is 8.20. The van der Waals surface area contributed by atoms with Gasteiger partial charge in [-0.05, 0) is 42.0 Å². The number of carbonyl (C=O) groups excluding carboxylic acids is 2. The Labute approximate surface area is 150 Å². The average molecular weight is 353 g/mol. The molecule has 1 N–H and O–H groups in total. The Morgan fingerprint density at radius 2 is 1.88 bits per heavy atom. The molecule has 0 saturated heterocycles. The van der Waals surface area contributed by atoms with E-state index >= 15 is 0 Å². The Balaban J connectivity index is 1.45. The molecule has 0 fully saturated rings. The van der Waals surface area contributed by atoms with E-state index in [2.05, 4.69) is 5.32 Å². The van der Waals surface area contributed by atoms with Crippen molar-refractivity contribution in [3.8, 4) is 5.75 Å². The molecule has 3 aromatic rings. The van der Waals surface area contributed by atoms with E-state index in [-0.39, 0.29) is 13.2 Å². The Hall–Kier alpha value is -3.28. The molecule has 0 aliphatic heterocycles. The van der Waals surface area contributed by atoms with Crippen LogP contribution in [-0.2, 0) is 20.9 Å². The summed E-state index contributed by atoms with van der Waals surface area (Å²) in [5.41, 5.74) is 0. The number of hydrogen-bond donors (Lipinski definition) is 1. The zero-order valence-electron chi connectivity index (χ0n) is 14.3. The van der Waals surface area contributed by atoms with Gasteiger partial charge in [-0.15, -0.1) is 0 Å². The molecule has 0 saturated carbocycles. The van der Waals surface area contributed by atoms with Crippen molar-refractivity contribution in [2.75, 3.05) is 6.61 Å². The van der Waals surface area contributed by atoms with E-state index in [1.807, 2.05) is 36.4 Å². The molecule has 0 bridgehead atoms. The molecule has 0 spiro atoms. The van der Waals surface area contributed by atoms with Crippen LogP contribution in [0.25, 0.3) is 10.8 Å². The summed E-state index contributed by atoms with van der Waals surface area (Å²) in [5.74, 6) is 0.173. The lowest BCUT2D eigenvalue weighted by atomic mass is 10.1. The van der Waals surface area contributed by atoms with Gasteiger partial charge in [0.2, 0.25) is 0 Å². The first-order valence-corrected chi connectivity index (χ1v) is 8.23. The van der Waals surface area contributed by atoms with Crippen LogP contribution in [0.3, 0.4) is 0 Å². The van der Waals surface area contributed by atoms with Crippen molar-refractivity contribution in [3.05, 3.63) is 66.6 Å². The summed E-state index contributed by atoms with van der Waals surface area (Å²) in [4.78, 5) is 23.8. The molecular weight excluding hydrogens is 334 g/mol. The minimum absolute atomic E-state index is 0.237. The van der Waals surface area contributed by atoms with Gasteiger partial charge in [0, 0.05) is 0 Å². The summed E-state index contributed by atoms with van der Waals surface area (Å²) in [6, 6.07) is 16.9. The summed E-state index contributed by atoms with van der Waals surface area (Å²) >= 11 is 0. The van der Waals surface area contributed by atoms with E-state index in [9.17, 15) is 9.59 Å². The fourth-order valence-electron chi connectivity index (χ4n) is 2.42. The molecular formula is C20H19NO5. The molecule has 1 atom stereocenters. The first-order chi connectivity index (χ1) is 12.6. The Morgan fingerprint density at radius 1 is 1.08 bits per heavy atom. The van der Waals surface area contributed by atoms with Gasteiger partial charge in [-0.2, -0.15) is 0 Å². The molecule has 2 aromatic carbocycles. The van der Waals surface area contributed by atoms with Crippen molar-refractivity contribution in [2.45, 2.75) is 19.6 Å². The van der Waals surface area contributed by atoms with Crippen molar-refractivity contribution in [3.63, 3.8) is 0 Å². The Kier molecular flexibility index (Phi) is 5.53. The van der Waals surface area contributed by atoms with Gasteiger partial charge in [0.05, 0.1) is 12.8 Å². The van der Waals surface area contributed by atoms with Crippen LogP contribution >= 0.6 is 0 Å². The predicted octanol–water partition coefficient (Wildman–Crippen LogP) is 3.06. The van der Waals surface area contributed by atoms with Crippen molar-refractivity contribution in [1.82, 2.24) is 5.32 Å². The lowest BCUT2D eigenvalue weighted by Gasteiger charge is -2.13. The monoisotopic (exact) mass is 353 g/mol. The molecule has 0 radical (unpaired) electrons. The van der Waals surface area contributed by atoms with E-state index in [0.717, 1.165) is 10.8 Å². The van der Waals surface area contributed by atoms with Crippen LogP contribution in [0.2, 0.25) is 0 Å². The molecule has 0 aliphatic carbocycles. The molecule has 1 amide bonds. The highest BCUT2D eigenvalue weighted by Crippen LogP contribution is 2.20. The quantitative estimate of drug-likeness (QED) is 0.661. The number of furan rings is 1. The maximum atomic E-state index is 11.9. The smallest absolute Gasteiger partial charge is 0.344 e. The van der Waals surface area contributed by atoms with Crippen LogP contribution < -0.4 is 10.1 Å². The summed E-state index contributed by atoms with van der Waals surface area (Å²) < 4.78 is 15.7. The van der Waals surface area contributed by atoms with Gasteiger partial charge in [0.1, 0.15) is 11.5 Å². The second-order valence-electron chi connectivity index (χ2n) is 5.73. The summed E-state index contributed by atoms with van der Waals surface area (Å²) in [6.45, 7) is 1.47. The fraction of sp³-hybridized carbons (Fsp3) is 0.200. The topological polar surface area (TPSA) is 77.8 Å². The third kappa shape index (κ3) is 4.63. The summed E-state index contributed by atoms with van der Waals surface area (Å²) in [5, 5.41) is 4.74. The molecule has 134 valence electrons. The van der Waals surface area contributed by atoms with E-state index in [4.69, 9.17) is 13.9 Å². The first kappa shape index (κ1) is 17.5. The van der Waals surface area contributed by atoms with Gasteiger partial charge >= 0.3 is 5.97 Å². The van der Waals surface area contributed by atoms with Crippen LogP contribution in [-0.4, -0.2) is 24.6 Å². The number of carbonyl (C=O) groups is 2. The van der Waals surface area contributed by atoms with Gasteiger partial charge in [-0.3, -0.25) is 4.79 Å². The third-order valence-electron chi connectivity index (χ3n) is 3.77. The minimum atomic E-state index is -0.919. The Morgan fingerprint density at radius 3 is 2.65 bits per heavy atom. The fourth-order valence-corrected chi connectivity index (χ4v) is 2.42. The minimum Gasteiger partial charge on any atom is -0.482 e. The zero-order valence-corrected chi connectivity index (χ0v) is 14.3. The summed E-state index contributed by atoms with van der Waals surface area (Å²) in [6.07, 6.45) is 0.604. The van der Waals surface area contributed by atoms with E-state index < -0.39 is 18.0 Å². The zero-order chi connectivity index (χ0) is 18.4. The molecule has 3 rings (SSSR count). The van der Waals surface area contributed by atoms with Gasteiger partial charge < -0.3 is 19.2 Å². The van der Waals surface area contributed by atoms with E-state index in [1.54, 1.807) is 18.2 Å². The third-order valence-corrected chi connectivity index (χ3v) is 3.77. The standard InChI is InChI=1S/C20H19NO5/c1-14(20(23)21-12-18-7-4-10-24-18)26-19(22)13-25-17-9-8-15-5-2-3-6-16(15)11-17/h2-11,14H,12-13H2,1H3,(H,21,23)/t14-/m0/s1. The highest BCUT2D eigenvalue weighted by molar-refractivity contribution is 5.84. The second-order valence-corrected chi connectivity index (χ2v) is 5.73. The normalized spacial score (nSPS) is 11.7. The lowest BCUT2D eigenvalue weighted by Crippen LogP contribution is -2.36. The van der Waals surface area contributed by atoms with E-state index in [1.165, 1.54) is 13.2 Å².